The molecule has 4 amide bonds. The van der Waals surface area contributed by atoms with Gasteiger partial charge >= 0.3 is 0 Å². The Kier molecular flexibility index (Phi) is 11.6. The summed E-state index contributed by atoms with van der Waals surface area (Å²) in [5, 5.41) is 20.7. The Bertz CT molecular complexity index is 2470. The lowest BCUT2D eigenvalue weighted by Crippen LogP contribution is -2.20. The van der Waals surface area contributed by atoms with Crippen LogP contribution in [-0.2, 0) is 19.6 Å². The zero-order chi connectivity index (χ0) is 39.9. The Morgan fingerprint density at radius 1 is 0.821 bits per heavy atom. The second-order valence-electron chi connectivity index (χ2n) is 12.5. The van der Waals surface area contributed by atoms with Crippen molar-refractivity contribution in [1.29, 1.82) is 0 Å². The van der Waals surface area contributed by atoms with Crippen LogP contribution >= 0.6 is 0 Å². The maximum Gasteiger partial charge on any atom is 0.276 e. The summed E-state index contributed by atoms with van der Waals surface area (Å²) < 4.78 is 16.9. The SMILES string of the molecule is CCn1nc(C)cc1C(=O)Nc1nc2cc(C(N)=O)cc(OC)c2n1C/C=C/Cn1c(NC(=O)c2ccnnc2)nc2cc(C(N)=O)cc(OCCCNC)c21. The minimum absolute atomic E-state index is 0.162. The van der Waals surface area contributed by atoms with E-state index in [0.717, 1.165) is 0 Å². The first-order valence-electron chi connectivity index (χ1n) is 17.6. The molecule has 0 fully saturated rings. The molecular weight excluding hydrogens is 722 g/mol. The Balaban J connectivity index is 1.40. The van der Waals surface area contributed by atoms with Crippen LogP contribution in [-0.4, -0.2) is 90.0 Å². The van der Waals surface area contributed by atoms with Crippen molar-refractivity contribution < 1.29 is 28.7 Å². The molecule has 0 bridgehead atoms. The molecular formula is C37H41N13O6. The normalized spacial score (nSPS) is 11.4. The number of imidazole rings is 2. The highest BCUT2D eigenvalue weighted by molar-refractivity contribution is 6.05. The Morgan fingerprint density at radius 3 is 1.98 bits per heavy atom. The van der Waals surface area contributed by atoms with Crippen LogP contribution in [0.1, 0.15) is 60.6 Å². The van der Waals surface area contributed by atoms with Crippen molar-refractivity contribution in [2.75, 3.05) is 37.9 Å². The highest BCUT2D eigenvalue weighted by Gasteiger charge is 2.23. The van der Waals surface area contributed by atoms with Gasteiger partial charge in [0, 0.05) is 30.8 Å². The molecule has 4 aromatic heterocycles. The van der Waals surface area contributed by atoms with Crippen molar-refractivity contribution in [2.45, 2.75) is 39.9 Å². The van der Waals surface area contributed by atoms with Crippen molar-refractivity contribution in [1.82, 2.24) is 44.4 Å². The van der Waals surface area contributed by atoms with Gasteiger partial charge in [0.1, 0.15) is 28.2 Å². The third kappa shape index (κ3) is 8.16. The highest BCUT2D eigenvalue weighted by Crippen LogP contribution is 2.33. The molecule has 0 saturated carbocycles. The number of allylic oxidation sites excluding steroid dienone is 2. The largest absolute Gasteiger partial charge is 0.494 e. The topological polar surface area (TPSA) is 254 Å². The Labute approximate surface area is 320 Å². The van der Waals surface area contributed by atoms with Crippen LogP contribution in [0.2, 0.25) is 0 Å². The fraction of sp³-hybridized carbons (Fsp3) is 0.270. The number of methoxy groups -OCH3 is 1. The van der Waals surface area contributed by atoms with Crippen LogP contribution < -0.4 is 36.9 Å². The van der Waals surface area contributed by atoms with E-state index in [1.54, 1.807) is 32.9 Å². The van der Waals surface area contributed by atoms with Gasteiger partial charge in [-0.1, -0.05) is 12.2 Å². The number of rotatable bonds is 17. The van der Waals surface area contributed by atoms with Crippen molar-refractivity contribution in [3.8, 4) is 11.5 Å². The molecule has 290 valence electrons. The predicted octanol–water partition coefficient (Wildman–Crippen LogP) is 2.66. The summed E-state index contributed by atoms with van der Waals surface area (Å²) in [5.74, 6) is -1.25. The lowest BCUT2D eigenvalue weighted by Gasteiger charge is -2.13. The monoisotopic (exact) mass is 763 g/mol. The van der Waals surface area contributed by atoms with E-state index in [-0.39, 0.29) is 41.7 Å². The van der Waals surface area contributed by atoms with Crippen LogP contribution in [0.25, 0.3) is 22.1 Å². The van der Waals surface area contributed by atoms with E-state index in [2.05, 4.69) is 41.2 Å². The number of primary amides is 2. The highest BCUT2D eigenvalue weighted by atomic mass is 16.5. The van der Waals surface area contributed by atoms with Crippen molar-refractivity contribution in [3.63, 3.8) is 0 Å². The molecule has 19 heteroatoms. The summed E-state index contributed by atoms with van der Waals surface area (Å²) in [6, 6.07) is 9.32. The minimum atomic E-state index is -0.670. The molecule has 0 aliphatic carbocycles. The lowest BCUT2D eigenvalue weighted by molar-refractivity contribution is 0.0991. The van der Waals surface area contributed by atoms with Crippen LogP contribution in [0.15, 0.2) is 60.9 Å². The number of hydrogen-bond acceptors (Lipinski definition) is 12. The second-order valence-corrected chi connectivity index (χ2v) is 12.5. The zero-order valence-corrected chi connectivity index (χ0v) is 31.2. The van der Waals surface area contributed by atoms with E-state index >= 15 is 0 Å². The first kappa shape index (κ1) is 38.6. The molecule has 56 heavy (non-hydrogen) atoms. The van der Waals surface area contributed by atoms with Gasteiger partial charge in [-0.25, -0.2) is 9.97 Å². The molecule has 0 spiro atoms. The summed E-state index contributed by atoms with van der Waals surface area (Å²) in [5.41, 5.74) is 14.7. The summed E-state index contributed by atoms with van der Waals surface area (Å²) in [4.78, 5) is 60.7. The van der Waals surface area contributed by atoms with Gasteiger partial charge in [-0.05, 0) is 70.3 Å². The zero-order valence-electron chi connectivity index (χ0n) is 31.2. The fourth-order valence-electron chi connectivity index (χ4n) is 6.08. The number of anilines is 2. The van der Waals surface area contributed by atoms with E-state index in [1.807, 2.05) is 26.1 Å². The van der Waals surface area contributed by atoms with Gasteiger partial charge in [0.25, 0.3) is 11.8 Å². The number of carbonyl (C=O) groups is 4. The van der Waals surface area contributed by atoms with Gasteiger partial charge in [0.15, 0.2) is 0 Å². The third-order valence-corrected chi connectivity index (χ3v) is 8.71. The standard InChI is InChI=1S/C37H41N13O6/c1-5-50-27(15-21(2)47-50)35(54)46-37-43-25-16-23(32(38)51)18-28(55-4)30(25)48(37)12-6-7-13-49-31-26(44-36(49)45-34(53)22-9-11-41-42-20-22)17-24(33(39)52)19-29(31)56-14-8-10-40-3/h6-7,9,11,15-20,40H,5,8,10,12-14H2,1-4H3,(H2,38,51)(H2,39,52)(H,43,46,54)(H,44,45,53)/b7-6+. The van der Waals surface area contributed by atoms with Crippen LogP contribution in [0.3, 0.4) is 0 Å². The van der Waals surface area contributed by atoms with Gasteiger partial charge < -0.3 is 35.4 Å². The number of amides is 4. The number of hydrogen-bond donors (Lipinski definition) is 5. The average Bonchev–Trinajstić information content (AvgIpc) is 3.86. The molecule has 0 radical (unpaired) electrons. The van der Waals surface area contributed by atoms with E-state index in [9.17, 15) is 19.2 Å². The number of nitrogens with one attached hydrogen (secondary N) is 3. The molecule has 6 rings (SSSR count). The predicted molar refractivity (Wildman–Crippen MR) is 207 cm³/mol. The Hall–Kier alpha value is -7.15. The van der Waals surface area contributed by atoms with Gasteiger partial charge in [-0.15, -0.1) is 0 Å². The first-order chi connectivity index (χ1) is 27.0. The number of nitrogens with zero attached hydrogens (tertiary/aromatic N) is 8. The van der Waals surface area contributed by atoms with E-state index in [4.69, 9.17) is 20.9 Å². The molecule has 0 aliphatic heterocycles. The summed E-state index contributed by atoms with van der Waals surface area (Å²) in [6.07, 6.45) is 7.06. The molecule has 0 saturated heterocycles. The number of ether oxygens (including phenoxy) is 2. The average molecular weight is 764 g/mol. The maximum atomic E-state index is 13.6. The molecule has 19 nitrogen and oxygen atoms in total. The van der Waals surface area contributed by atoms with E-state index < -0.39 is 23.6 Å². The first-order valence-corrected chi connectivity index (χ1v) is 17.6. The second kappa shape index (κ2) is 16.9. The molecule has 2 aromatic carbocycles. The number of benzene rings is 2. The van der Waals surface area contributed by atoms with E-state index in [1.165, 1.54) is 43.8 Å². The number of fused-ring (bicyclic) bond motifs is 2. The van der Waals surface area contributed by atoms with E-state index in [0.29, 0.717) is 71.1 Å². The van der Waals surface area contributed by atoms with Crippen LogP contribution in [0.5, 0.6) is 11.5 Å². The van der Waals surface area contributed by atoms with Crippen molar-refractivity contribution in [3.05, 3.63) is 89.0 Å². The molecule has 4 heterocycles. The molecule has 0 atom stereocenters. The van der Waals surface area contributed by atoms with Gasteiger partial charge in [-0.3, -0.25) is 34.5 Å². The smallest absolute Gasteiger partial charge is 0.276 e. The summed E-state index contributed by atoms with van der Waals surface area (Å²) in [6.45, 7) is 5.50. The van der Waals surface area contributed by atoms with Crippen molar-refractivity contribution in [2.24, 2.45) is 11.5 Å². The molecule has 6 aromatic rings. The molecule has 7 N–H and O–H groups in total. The molecule has 0 unspecified atom stereocenters. The van der Waals surface area contributed by atoms with Gasteiger partial charge in [-0.2, -0.15) is 15.3 Å². The van der Waals surface area contributed by atoms with Gasteiger partial charge in [0.05, 0.1) is 48.4 Å². The van der Waals surface area contributed by atoms with Crippen LogP contribution in [0.4, 0.5) is 11.9 Å². The third-order valence-electron chi connectivity index (χ3n) is 8.71. The fourth-order valence-corrected chi connectivity index (χ4v) is 6.08. The Morgan fingerprint density at radius 2 is 1.43 bits per heavy atom. The number of aryl methyl sites for hydroxylation is 2. The molecule has 0 aliphatic rings. The lowest BCUT2D eigenvalue weighted by atomic mass is 10.1. The summed E-state index contributed by atoms with van der Waals surface area (Å²) >= 11 is 0. The quantitative estimate of drug-likeness (QED) is 0.0664. The van der Waals surface area contributed by atoms with Crippen LogP contribution in [0, 0.1) is 6.92 Å². The number of aromatic nitrogens is 8. The number of nitrogens with two attached hydrogens (primary N) is 2. The number of carbonyl (C=O) groups excluding carboxylic acids is 4. The maximum absolute atomic E-state index is 13.6. The van der Waals surface area contributed by atoms with Crippen molar-refractivity contribution >= 4 is 57.6 Å². The minimum Gasteiger partial charge on any atom is -0.494 e. The van der Waals surface area contributed by atoms with Gasteiger partial charge in [0.2, 0.25) is 23.7 Å². The summed E-state index contributed by atoms with van der Waals surface area (Å²) in [7, 11) is 3.29.